The van der Waals surface area contributed by atoms with Gasteiger partial charge in [-0.05, 0) is 24.3 Å². The van der Waals surface area contributed by atoms with Gasteiger partial charge < -0.3 is 18.9 Å². The van der Waals surface area contributed by atoms with Gasteiger partial charge >= 0.3 is 5.97 Å². The molecule has 0 aliphatic carbocycles. The van der Waals surface area contributed by atoms with E-state index in [-0.39, 0.29) is 0 Å². The van der Waals surface area contributed by atoms with Crippen LogP contribution in [0.2, 0.25) is 0 Å². The van der Waals surface area contributed by atoms with Crippen molar-refractivity contribution in [1.29, 1.82) is 0 Å². The molecule has 0 bridgehead atoms. The lowest BCUT2D eigenvalue weighted by molar-refractivity contribution is -0.142. The van der Waals surface area contributed by atoms with Crippen LogP contribution >= 0.6 is 0 Å². The molecule has 5 nitrogen and oxygen atoms in total. The Labute approximate surface area is 158 Å². The molecule has 3 rings (SSSR count). The number of benzene rings is 3. The van der Waals surface area contributed by atoms with Crippen molar-refractivity contribution in [3.63, 3.8) is 0 Å². The fraction of sp³-hybridized carbons (Fsp3) is 0.136. The number of methoxy groups -OCH3 is 2. The van der Waals surface area contributed by atoms with Gasteiger partial charge in [-0.15, -0.1) is 0 Å². The summed E-state index contributed by atoms with van der Waals surface area (Å²) in [7, 11) is 3.07. The third kappa shape index (κ3) is 4.39. The minimum absolute atomic E-state index is 0.328. The molecule has 27 heavy (non-hydrogen) atoms. The first kappa shape index (κ1) is 18.3. The van der Waals surface area contributed by atoms with Crippen LogP contribution in [-0.2, 0) is 4.79 Å². The Morgan fingerprint density at radius 1 is 0.667 bits per heavy atom. The third-order valence-corrected chi connectivity index (χ3v) is 3.91. The first-order chi connectivity index (χ1) is 13.2. The van der Waals surface area contributed by atoms with E-state index in [0.29, 0.717) is 28.6 Å². The van der Waals surface area contributed by atoms with Crippen molar-refractivity contribution in [1.82, 2.24) is 0 Å². The molecule has 0 aromatic heterocycles. The summed E-state index contributed by atoms with van der Waals surface area (Å²) in [5.41, 5.74) is 0.670. The average molecular weight is 364 g/mol. The van der Waals surface area contributed by atoms with Crippen molar-refractivity contribution in [2.45, 2.75) is 6.10 Å². The Kier molecular flexibility index (Phi) is 5.94. The number of carbonyl (C=O) groups excluding carboxylic acids is 1. The van der Waals surface area contributed by atoms with Crippen LogP contribution in [0.4, 0.5) is 0 Å². The van der Waals surface area contributed by atoms with Crippen molar-refractivity contribution < 1.29 is 23.7 Å². The average Bonchev–Trinajstić information content (AvgIpc) is 2.73. The van der Waals surface area contributed by atoms with Crippen molar-refractivity contribution >= 4 is 5.97 Å². The van der Waals surface area contributed by atoms with Crippen molar-refractivity contribution in [2.24, 2.45) is 0 Å². The summed E-state index contributed by atoms with van der Waals surface area (Å²) in [6.45, 7) is 0. The highest BCUT2D eigenvalue weighted by Crippen LogP contribution is 2.33. The molecule has 0 heterocycles. The van der Waals surface area contributed by atoms with E-state index >= 15 is 0 Å². The van der Waals surface area contributed by atoms with Gasteiger partial charge in [-0.2, -0.15) is 0 Å². The van der Waals surface area contributed by atoms with E-state index in [0.717, 1.165) is 0 Å². The van der Waals surface area contributed by atoms with E-state index in [4.69, 9.17) is 18.9 Å². The SMILES string of the molecule is COc1ccccc1OC(=O)[C@H](Oc1ccccc1OC)c1ccccc1. The van der Waals surface area contributed by atoms with Gasteiger partial charge in [0.2, 0.25) is 6.10 Å². The summed E-state index contributed by atoms with van der Waals surface area (Å²) in [6.07, 6.45) is -0.965. The van der Waals surface area contributed by atoms with Crippen LogP contribution in [0.25, 0.3) is 0 Å². The number of ether oxygens (including phenoxy) is 4. The Morgan fingerprint density at radius 2 is 1.15 bits per heavy atom. The van der Waals surface area contributed by atoms with Crippen molar-refractivity contribution in [3.05, 3.63) is 84.4 Å². The van der Waals surface area contributed by atoms with E-state index in [9.17, 15) is 4.79 Å². The summed E-state index contributed by atoms with van der Waals surface area (Å²) in [5.74, 6) is 1.22. The van der Waals surface area contributed by atoms with E-state index in [1.54, 1.807) is 43.5 Å². The molecule has 0 amide bonds. The minimum Gasteiger partial charge on any atom is -0.493 e. The van der Waals surface area contributed by atoms with E-state index in [1.165, 1.54) is 7.11 Å². The quantitative estimate of drug-likeness (QED) is 0.459. The van der Waals surface area contributed by atoms with Crippen LogP contribution in [0, 0.1) is 0 Å². The van der Waals surface area contributed by atoms with Crippen LogP contribution < -0.4 is 18.9 Å². The van der Waals surface area contributed by atoms with Crippen LogP contribution in [-0.4, -0.2) is 20.2 Å². The Morgan fingerprint density at radius 3 is 1.74 bits per heavy atom. The lowest BCUT2D eigenvalue weighted by atomic mass is 10.1. The normalized spacial score (nSPS) is 11.3. The molecule has 1 atom stereocenters. The fourth-order valence-corrected chi connectivity index (χ4v) is 2.59. The molecule has 138 valence electrons. The lowest BCUT2D eigenvalue weighted by Crippen LogP contribution is -2.24. The largest absolute Gasteiger partial charge is 0.493 e. The van der Waals surface area contributed by atoms with Gasteiger partial charge in [0, 0.05) is 5.56 Å². The van der Waals surface area contributed by atoms with E-state index in [2.05, 4.69) is 0 Å². The summed E-state index contributed by atoms with van der Waals surface area (Å²) >= 11 is 0. The first-order valence-corrected chi connectivity index (χ1v) is 8.42. The monoisotopic (exact) mass is 364 g/mol. The summed E-state index contributed by atoms with van der Waals surface area (Å²) in [5, 5.41) is 0. The van der Waals surface area contributed by atoms with Gasteiger partial charge in [0.1, 0.15) is 0 Å². The molecule has 0 N–H and O–H groups in total. The highest BCUT2D eigenvalue weighted by molar-refractivity contribution is 5.80. The molecule has 0 aliphatic heterocycles. The molecular formula is C22H20O5. The van der Waals surface area contributed by atoms with Crippen LogP contribution in [0.5, 0.6) is 23.0 Å². The second-order valence-electron chi connectivity index (χ2n) is 5.63. The van der Waals surface area contributed by atoms with E-state index in [1.807, 2.05) is 42.5 Å². The molecule has 0 spiro atoms. The maximum absolute atomic E-state index is 12.9. The van der Waals surface area contributed by atoms with E-state index < -0.39 is 12.1 Å². The van der Waals surface area contributed by atoms with Gasteiger partial charge in [-0.25, -0.2) is 4.79 Å². The molecule has 0 unspecified atom stereocenters. The summed E-state index contributed by atoms with van der Waals surface area (Å²) in [4.78, 5) is 12.9. The van der Waals surface area contributed by atoms with Crippen molar-refractivity contribution in [2.75, 3.05) is 14.2 Å². The standard InChI is InChI=1S/C22H20O5/c1-24-17-12-6-8-14-19(17)26-21(16-10-4-3-5-11-16)22(23)27-20-15-9-7-13-18(20)25-2/h3-15,21H,1-2H3/t21-/m1/s1. The topological polar surface area (TPSA) is 54.0 Å². The molecule has 0 saturated heterocycles. The Bertz CT molecular complexity index is 892. The third-order valence-electron chi connectivity index (χ3n) is 3.91. The smallest absolute Gasteiger partial charge is 0.357 e. The zero-order chi connectivity index (χ0) is 19.1. The van der Waals surface area contributed by atoms with Gasteiger partial charge in [-0.3, -0.25) is 0 Å². The molecular weight excluding hydrogens is 344 g/mol. The number of hydrogen-bond donors (Lipinski definition) is 0. The Hall–Kier alpha value is -3.47. The number of esters is 1. The number of carbonyl (C=O) groups is 1. The van der Waals surface area contributed by atoms with Crippen LogP contribution in [0.15, 0.2) is 78.9 Å². The fourth-order valence-electron chi connectivity index (χ4n) is 2.59. The Balaban J connectivity index is 1.91. The second kappa shape index (κ2) is 8.76. The molecule has 0 radical (unpaired) electrons. The number of rotatable bonds is 7. The van der Waals surface area contributed by atoms with Crippen LogP contribution in [0.1, 0.15) is 11.7 Å². The summed E-state index contributed by atoms with van der Waals surface area (Å²) in [6, 6.07) is 23.3. The highest BCUT2D eigenvalue weighted by Gasteiger charge is 2.27. The molecule has 0 aliphatic rings. The van der Waals surface area contributed by atoms with Gasteiger partial charge in [0.25, 0.3) is 0 Å². The predicted molar refractivity (Wildman–Crippen MR) is 101 cm³/mol. The molecule has 3 aromatic carbocycles. The highest BCUT2D eigenvalue weighted by atomic mass is 16.6. The molecule has 3 aromatic rings. The molecule has 5 heteroatoms. The van der Waals surface area contributed by atoms with Crippen molar-refractivity contribution in [3.8, 4) is 23.0 Å². The second-order valence-corrected chi connectivity index (χ2v) is 5.63. The zero-order valence-electron chi connectivity index (χ0n) is 15.1. The van der Waals surface area contributed by atoms with Gasteiger partial charge in [0.15, 0.2) is 23.0 Å². The zero-order valence-corrected chi connectivity index (χ0v) is 15.1. The van der Waals surface area contributed by atoms with Crippen LogP contribution in [0.3, 0.4) is 0 Å². The molecule has 0 saturated carbocycles. The number of hydrogen-bond acceptors (Lipinski definition) is 5. The maximum atomic E-state index is 12.9. The number of para-hydroxylation sites is 4. The minimum atomic E-state index is -0.965. The predicted octanol–water partition coefficient (Wildman–Crippen LogP) is 4.43. The maximum Gasteiger partial charge on any atom is 0.357 e. The molecule has 0 fully saturated rings. The van der Waals surface area contributed by atoms with Gasteiger partial charge in [0.05, 0.1) is 14.2 Å². The summed E-state index contributed by atoms with van der Waals surface area (Å²) < 4.78 is 22.1. The first-order valence-electron chi connectivity index (χ1n) is 8.42. The lowest BCUT2D eigenvalue weighted by Gasteiger charge is -2.20. The van der Waals surface area contributed by atoms with Gasteiger partial charge in [-0.1, -0.05) is 54.6 Å².